The molecule has 0 aliphatic carbocycles. The van der Waals surface area contributed by atoms with E-state index in [4.69, 9.17) is 0 Å². The van der Waals surface area contributed by atoms with Gasteiger partial charge in [0, 0.05) is 17.0 Å². The number of hydrogen-bond donors (Lipinski definition) is 1. The first-order valence-corrected chi connectivity index (χ1v) is 8.06. The van der Waals surface area contributed by atoms with Crippen molar-refractivity contribution >= 4 is 27.0 Å². The average molecular weight is 312 g/mol. The minimum absolute atomic E-state index is 0.00602. The fourth-order valence-corrected chi connectivity index (χ4v) is 3.68. The lowest BCUT2D eigenvalue weighted by Gasteiger charge is -2.12. The molecular weight excluding hydrogens is 300 g/mol. The van der Waals surface area contributed by atoms with Crippen LogP contribution in [0.2, 0.25) is 0 Å². The molecule has 2 rings (SSSR count). The van der Waals surface area contributed by atoms with Gasteiger partial charge in [0.1, 0.15) is 0 Å². The molecule has 2 aromatic rings. The quantitative estimate of drug-likeness (QED) is 0.679. The van der Waals surface area contributed by atoms with Gasteiger partial charge in [-0.3, -0.25) is 10.1 Å². The number of non-ortho nitro benzene ring substituents is 1. The van der Waals surface area contributed by atoms with Crippen LogP contribution in [0.15, 0.2) is 46.7 Å². The molecule has 8 heteroatoms. The van der Waals surface area contributed by atoms with Crippen LogP contribution < -0.4 is 4.72 Å². The molecule has 0 fully saturated rings. The smallest absolute Gasteiger partial charge is 0.258 e. The molecule has 0 spiro atoms. The van der Waals surface area contributed by atoms with Crippen LogP contribution in [-0.4, -0.2) is 13.3 Å². The van der Waals surface area contributed by atoms with E-state index in [1.165, 1.54) is 35.6 Å². The van der Waals surface area contributed by atoms with E-state index >= 15 is 0 Å². The topological polar surface area (TPSA) is 89.3 Å². The molecule has 0 saturated heterocycles. The molecule has 0 radical (unpaired) electrons. The van der Waals surface area contributed by atoms with E-state index in [1.54, 1.807) is 6.92 Å². The minimum Gasteiger partial charge on any atom is -0.258 e. The normalized spacial score (nSPS) is 13.1. The fourth-order valence-electron chi connectivity index (χ4n) is 1.64. The fraction of sp³-hybridized carbons (Fsp3) is 0.167. The first kappa shape index (κ1) is 14.6. The molecule has 6 nitrogen and oxygen atoms in total. The average Bonchev–Trinajstić information content (AvgIpc) is 2.92. The van der Waals surface area contributed by atoms with Crippen molar-refractivity contribution in [2.45, 2.75) is 17.9 Å². The summed E-state index contributed by atoms with van der Waals surface area (Å²) in [6.07, 6.45) is 0. The highest BCUT2D eigenvalue weighted by Crippen LogP contribution is 2.22. The maximum absolute atomic E-state index is 12.1. The summed E-state index contributed by atoms with van der Waals surface area (Å²) in [5, 5.41) is 12.4. The Bertz CT molecular complexity index is 694. The van der Waals surface area contributed by atoms with E-state index in [0.29, 0.717) is 0 Å². The maximum atomic E-state index is 12.1. The van der Waals surface area contributed by atoms with Crippen LogP contribution in [0.25, 0.3) is 0 Å². The van der Waals surface area contributed by atoms with Crippen LogP contribution in [0.3, 0.4) is 0 Å². The highest BCUT2D eigenvalue weighted by atomic mass is 32.2. The third-order valence-corrected chi connectivity index (χ3v) is 5.27. The van der Waals surface area contributed by atoms with Gasteiger partial charge in [0.05, 0.1) is 15.9 Å². The summed E-state index contributed by atoms with van der Waals surface area (Å²) >= 11 is 1.46. The van der Waals surface area contributed by atoms with Crippen molar-refractivity contribution in [2.24, 2.45) is 0 Å². The molecule has 1 aromatic carbocycles. The number of thiophene rings is 1. The predicted molar refractivity (Wildman–Crippen MR) is 76.2 cm³/mol. The molecule has 1 unspecified atom stereocenters. The second-order valence-corrected chi connectivity index (χ2v) is 6.80. The Morgan fingerprint density at radius 1 is 1.25 bits per heavy atom. The summed E-state index contributed by atoms with van der Waals surface area (Å²) in [6, 6.07) is 8.12. The summed E-state index contributed by atoms with van der Waals surface area (Å²) in [4.78, 5) is 10.9. The standard InChI is InChI=1S/C12H12N2O4S2/c1-9(12-3-2-8-19-12)13-20(17,18)11-6-4-10(5-7-11)14(15)16/h2-9,13H,1H3. The first-order valence-electron chi connectivity index (χ1n) is 5.70. The zero-order valence-corrected chi connectivity index (χ0v) is 12.1. The highest BCUT2D eigenvalue weighted by Gasteiger charge is 2.19. The van der Waals surface area contributed by atoms with Crippen LogP contribution in [0.4, 0.5) is 5.69 Å². The van der Waals surface area contributed by atoms with E-state index in [1.807, 2.05) is 17.5 Å². The largest absolute Gasteiger partial charge is 0.269 e. The van der Waals surface area contributed by atoms with Crippen molar-refractivity contribution < 1.29 is 13.3 Å². The molecule has 0 saturated carbocycles. The molecule has 1 aromatic heterocycles. The molecule has 0 amide bonds. The molecule has 106 valence electrons. The summed E-state index contributed by atoms with van der Waals surface area (Å²) in [5.41, 5.74) is -0.143. The molecule has 1 atom stereocenters. The molecule has 0 aliphatic heterocycles. The van der Waals surface area contributed by atoms with Crippen LogP contribution >= 0.6 is 11.3 Å². The maximum Gasteiger partial charge on any atom is 0.269 e. The van der Waals surface area contributed by atoms with E-state index in [9.17, 15) is 18.5 Å². The SMILES string of the molecule is CC(NS(=O)(=O)c1ccc([N+](=O)[O-])cc1)c1cccs1. The lowest BCUT2D eigenvalue weighted by atomic mass is 10.3. The van der Waals surface area contributed by atoms with Crippen molar-refractivity contribution in [2.75, 3.05) is 0 Å². The van der Waals surface area contributed by atoms with E-state index in [-0.39, 0.29) is 16.6 Å². The Hall–Kier alpha value is -1.77. The number of nitro groups is 1. The van der Waals surface area contributed by atoms with Gasteiger partial charge in [-0.2, -0.15) is 0 Å². The number of benzene rings is 1. The van der Waals surface area contributed by atoms with E-state index in [0.717, 1.165) is 4.88 Å². The summed E-state index contributed by atoms with van der Waals surface area (Å²) in [5.74, 6) is 0. The summed E-state index contributed by atoms with van der Waals surface area (Å²) in [7, 11) is -3.69. The van der Waals surface area contributed by atoms with E-state index in [2.05, 4.69) is 4.72 Å². The molecule has 1 N–H and O–H groups in total. The third kappa shape index (κ3) is 3.21. The number of sulfonamides is 1. The van der Waals surface area contributed by atoms with E-state index < -0.39 is 14.9 Å². The van der Waals surface area contributed by atoms with Crippen LogP contribution in [0.5, 0.6) is 0 Å². The van der Waals surface area contributed by atoms with Gasteiger partial charge in [-0.05, 0) is 30.5 Å². The highest BCUT2D eigenvalue weighted by molar-refractivity contribution is 7.89. The van der Waals surface area contributed by atoms with Crippen molar-refractivity contribution in [3.05, 3.63) is 56.8 Å². The summed E-state index contributed by atoms with van der Waals surface area (Å²) in [6.45, 7) is 1.74. The number of rotatable bonds is 5. The Morgan fingerprint density at radius 2 is 1.90 bits per heavy atom. The van der Waals surface area contributed by atoms with Crippen LogP contribution in [-0.2, 0) is 10.0 Å². The van der Waals surface area contributed by atoms with Crippen molar-refractivity contribution in [1.82, 2.24) is 4.72 Å². The second kappa shape index (κ2) is 5.70. The number of nitrogens with zero attached hydrogens (tertiary/aromatic N) is 1. The minimum atomic E-state index is -3.69. The van der Waals surface area contributed by atoms with Gasteiger partial charge >= 0.3 is 0 Å². The lowest BCUT2D eigenvalue weighted by Crippen LogP contribution is -2.26. The summed E-state index contributed by atoms with van der Waals surface area (Å²) < 4.78 is 26.8. The number of nitrogens with one attached hydrogen (secondary N) is 1. The number of hydrogen-bond acceptors (Lipinski definition) is 5. The molecular formula is C12H12N2O4S2. The van der Waals surface area contributed by atoms with Gasteiger partial charge in [0.2, 0.25) is 10.0 Å². The Morgan fingerprint density at radius 3 is 2.40 bits per heavy atom. The molecule has 0 aliphatic rings. The zero-order valence-electron chi connectivity index (χ0n) is 10.5. The Labute approximate surface area is 120 Å². The lowest BCUT2D eigenvalue weighted by molar-refractivity contribution is -0.384. The molecule has 1 heterocycles. The third-order valence-electron chi connectivity index (χ3n) is 2.66. The van der Waals surface area contributed by atoms with Gasteiger partial charge in [0.25, 0.3) is 5.69 Å². The monoisotopic (exact) mass is 312 g/mol. The van der Waals surface area contributed by atoms with Gasteiger partial charge in [-0.1, -0.05) is 6.07 Å². The van der Waals surface area contributed by atoms with Crippen molar-refractivity contribution in [3.8, 4) is 0 Å². The van der Waals surface area contributed by atoms with Gasteiger partial charge in [0.15, 0.2) is 0 Å². The Balaban J connectivity index is 2.20. The van der Waals surface area contributed by atoms with Crippen LogP contribution in [0, 0.1) is 10.1 Å². The Kier molecular flexibility index (Phi) is 4.17. The molecule has 0 bridgehead atoms. The number of nitro benzene ring substituents is 1. The van der Waals surface area contributed by atoms with Gasteiger partial charge in [-0.25, -0.2) is 13.1 Å². The predicted octanol–water partition coefficient (Wildman–Crippen LogP) is 2.70. The van der Waals surface area contributed by atoms with Crippen molar-refractivity contribution in [1.29, 1.82) is 0 Å². The second-order valence-electron chi connectivity index (χ2n) is 4.11. The van der Waals surface area contributed by atoms with Gasteiger partial charge in [-0.15, -0.1) is 11.3 Å². The first-order chi connectivity index (χ1) is 9.40. The van der Waals surface area contributed by atoms with Gasteiger partial charge < -0.3 is 0 Å². The van der Waals surface area contributed by atoms with Crippen LogP contribution in [0.1, 0.15) is 17.8 Å². The zero-order chi connectivity index (χ0) is 14.8. The molecule has 20 heavy (non-hydrogen) atoms. The van der Waals surface area contributed by atoms with Crippen molar-refractivity contribution in [3.63, 3.8) is 0 Å².